The van der Waals surface area contributed by atoms with Gasteiger partial charge < -0.3 is 15.2 Å². The van der Waals surface area contributed by atoms with E-state index in [0.29, 0.717) is 41.4 Å². The molecule has 4 heteroatoms. The molecule has 0 spiro atoms. The van der Waals surface area contributed by atoms with Gasteiger partial charge in [0.15, 0.2) is 0 Å². The van der Waals surface area contributed by atoms with Crippen LogP contribution in [-0.4, -0.2) is 17.3 Å². The number of aliphatic imine (C=N–C) groups is 1. The smallest absolute Gasteiger partial charge is 0.0901 e. The van der Waals surface area contributed by atoms with Gasteiger partial charge in [-0.2, -0.15) is 0 Å². The third-order valence-corrected chi connectivity index (χ3v) is 18.6. The maximum absolute atomic E-state index is 4.90. The zero-order valence-corrected chi connectivity index (χ0v) is 42.0. The van der Waals surface area contributed by atoms with E-state index in [2.05, 4.69) is 192 Å². The maximum atomic E-state index is 4.90. The first-order valence-electron chi connectivity index (χ1n) is 26.5. The van der Waals surface area contributed by atoms with Gasteiger partial charge in [0.2, 0.25) is 0 Å². The van der Waals surface area contributed by atoms with Crippen molar-refractivity contribution < 1.29 is 0 Å². The number of hydrogen-bond acceptors (Lipinski definition) is 3. The van der Waals surface area contributed by atoms with Crippen LogP contribution in [0.25, 0.3) is 29.2 Å². The molecule has 4 nitrogen and oxygen atoms in total. The molecule has 1 saturated carbocycles. The number of aryl methyl sites for hydroxylation is 1. The molecule has 9 unspecified atom stereocenters. The van der Waals surface area contributed by atoms with Crippen molar-refractivity contribution in [3.8, 4) is 0 Å². The van der Waals surface area contributed by atoms with Gasteiger partial charge in [-0.05, 0) is 179 Å². The second-order valence-corrected chi connectivity index (χ2v) is 22.6. The minimum Gasteiger partial charge on any atom is -0.356 e. The first kappa shape index (κ1) is 42.9. The van der Waals surface area contributed by atoms with Crippen LogP contribution in [0, 0.1) is 47.3 Å². The average Bonchev–Trinajstić information content (AvgIpc) is 3.99. The summed E-state index contributed by atoms with van der Waals surface area (Å²) in [6, 6.07) is 17.5. The maximum Gasteiger partial charge on any atom is 0.0901 e. The lowest BCUT2D eigenvalue weighted by Crippen LogP contribution is -2.37. The Morgan fingerprint density at radius 2 is 1.55 bits per heavy atom. The van der Waals surface area contributed by atoms with Crippen molar-refractivity contribution >= 4 is 46.8 Å². The number of aromatic nitrogens is 1. The molecule has 348 valence electrons. The molecule has 9 atom stereocenters. The molecule has 0 amide bonds. The number of nitrogens with one attached hydrogen (secondary N) is 2. The van der Waals surface area contributed by atoms with Gasteiger partial charge in [0.1, 0.15) is 0 Å². The summed E-state index contributed by atoms with van der Waals surface area (Å²) in [5.41, 5.74) is 27.2. The van der Waals surface area contributed by atoms with Crippen molar-refractivity contribution in [3.63, 3.8) is 0 Å². The van der Waals surface area contributed by atoms with E-state index in [4.69, 9.17) is 4.99 Å². The lowest BCUT2D eigenvalue weighted by molar-refractivity contribution is 0.376. The van der Waals surface area contributed by atoms with Gasteiger partial charge in [0.25, 0.3) is 0 Å². The molecule has 2 N–H and O–H groups in total. The molecule has 3 aromatic rings. The third kappa shape index (κ3) is 6.28. The second-order valence-electron chi connectivity index (χ2n) is 22.6. The van der Waals surface area contributed by atoms with Crippen LogP contribution in [0.2, 0.25) is 0 Å². The summed E-state index contributed by atoms with van der Waals surface area (Å²) in [7, 11) is 0. The SMILES string of the molecule is CCc1ccc(C2(C3=CCC(C)C=C3)c3cc(C4=C(C)C=C(C(C)C5C6=CC=C(C)CC=C6C6CN=CC65)CC4C)ccc3C3=CC=C(C4=C(C)C=C(n5c6c(c7c5=CN7)NC=6)CC4C)CC32)cc1. The van der Waals surface area contributed by atoms with E-state index in [1.165, 1.54) is 100 Å². The van der Waals surface area contributed by atoms with Gasteiger partial charge in [-0.1, -0.05) is 137 Å². The number of benzene rings is 2. The molecule has 69 heavy (non-hydrogen) atoms. The molecular formula is C65H68N4. The normalized spacial score (nSPS) is 30.5. The van der Waals surface area contributed by atoms with E-state index in [-0.39, 0.29) is 11.3 Å². The number of rotatable bonds is 8. The molecule has 1 aromatic heterocycles. The van der Waals surface area contributed by atoms with Crippen LogP contribution in [0.1, 0.15) is 115 Å². The largest absolute Gasteiger partial charge is 0.356 e. The van der Waals surface area contributed by atoms with Crippen LogP contribution < -0.4 is 21.3 Å². The van der Waals surface area contributed by atoms with Gasteiger partial charge in [-0.15, -0.1) is 0 Å². The van der Waals surface area contributed by atoms with Crippen LogP contribution >= 0.6 is 0 Å². The van der Waals surface area contributed by atoms with Crippen LogP contribution in [0.4, 0.5) is 11.4 Å². The Bertz CT molecular complexity index is 3270. The Balaban J connectivity index is 0.925. The molecule has 3 aliphatic heterocycles. The summed E-state index contributed by atoms with van der Waals surface area (Å²) in [5, 5.41) is 9.45. The highest BCUT2D eigenvalue weighted by Crippen LogP contribution is 2.63. The monoisotopic (exact) mass is 905 g/mol. The predicted molar refractivity (Wildman–Crippen MR) is 291 cm³/mol. The van der Waals surface area contributed by atoms with E-state index in [1.807, 2.05) is 0 Å². The molecule has 7 aliphatic carbocycles. The highest BCUT2D eigenvalue weighted by molar-refractivity contribution is 5.91. The Hall–Kier alpha value is -6.13. The highest BCUT2D eigenvalue weighted by atomic mass is 15.1. The lowest BCUT2D eigenvalue weighted by Gasteiger charge is -2.42. The Morgan fingerprint density at radius 1 is 0.797 bits per heavy atom. The summed E-state index contributed by atoms with van der Waals surface area (Å²) in [6.07, 6.45) is 38.1. The summed E-state index contributed by atoms with van der Waals surface area (Å²) in [4.78, 5) is 4.90. The molecule has 0 saturated heterocycles. The Morgan fingerprint density at radius 3 is 2.25 bits per heavy atom. The van der Waals surface area contributed by atoms with E-state index < -0.39 is 0 Å². The quantitative estimate of drug-likeness (QED) is 0.236. The van der Waals surface area contributed by atoms with E-state index in [9.17, 15) is 0 Å². The summed E-state index contributed by atoms with van der Waals surface area (Å²) in [6.45, 7) is 20.1. The van der Waals surface area contributed by atoms with Gasteiger partial charge in [-0.3, -0.25) is 4.99 Å². The Labute approximate surface area is 410 Å². The molecule has 10 aliphatic rings. The summed E-state index contributed by atoms with van der Waals surface area (Å²) < 4.78 is 2.48. The summed E-state index contributed by atoms with van der Waals surface area (Å²) in [5.74, 6) is 3.57. The molecule has 2 aromatic carbocycles. The van der Waals surface area contributed by atoms with E-state index in [1.54, 1.807) is 16.7 Å². The number of anilines is 2. The number of hydrogen-bond donors (Lipinski definition) is 2. The second kappa shape index (κ2) is 16.0. The zero-order chi connectivity index (χ0) is 47.0. The van der Waals surface area contributed by atoms with Gasteiger partial charge >= 0.3 is 0 Å². The van der Waals surface area contributed by atoms with Crippen molar-refractivity contribution in [1.82, 2.24) is 4.57 Å². The standard InChI is InChI=1S/C65H68N4/c1-9-43-14-20-48(21-15-43)65(47-18-10-36(2)11-19-47)56-30-44(60-38(4)26-46(27-39(60)5)42(8)62-53-23-13-37(3)12-22-50(53)54-32-66-33-55(54)62)16-24-51(56)52-25-17-45(31-57(52)65)61-40(6)28-49(29-41(61)7)69-58-34-67-63(58)64-59(69)35-68-64/h10,13-26,28,30,33-36,39,41-42,54-55,57,62,67-68H,9,11-12,27,29,31-32H2,1-8H3. The van der Waals surface area contributed by atoms with Crippen LogP contribution in [0.15, 0.2) is 158 Å². The van der Waals surface area contributed by atoms with Gasteiger partial charge in [0, 0.05) is 48.6 Å². The number of allylic oxidation sites excluding steroid dienone is 21. The fourth-order valence-electron chi connectivity index (χ4n) is 15.2. The summed E-state index contributed by atoms with van der Waals surface area (Å²) >= 11 is 0. The van der Waals surface area contributed by atoms with E-state index >= 15 is 0 Å². The minimum atomic E-state index is -0.331. The van der Waals surface area contributed by atoms with Crippen molar-refractivity contribution in [3.05, 3.63) is 192 Å². The fourth-order valence-corrected chi connectivity index (χ4v) is 15.2. The molecule has 13 rings (SSSR count). The highest BCUT2D eigenvalue weighted by Gasteiger charge is 2.54. The molecular weight excluding hydrogens is 837 g/mol. The lowest BCUT2D eigenvalue weighted by atomic mass is 9.60. The van der Waals surface area contributed by atoms with Crippen molar-refractivity contribution in [2.75, 3.05) is 17.2 Å². The minimum absolute atomic E-state index is 0.263. The van der Waals surface area contributed by atoms with Crippen molar-refractivity contribution in [2.45, 2.75) is 99.3 Å². The molecule has 0 bridgehead atoms. The predicted octanol–water partition coefficient (Wildman–Crippen LogP) is 14.0. The van der Waals surface area contributed by atoms with Crippen LogP contribution in [0.3, 0.4) is 0 Å². The fraction of sp³-hybridized carbons (Fsp3) is 0.369. The number of nitrogens with zero attached hydrogens (tertiary/aromatic N) is 2. The number of fused-ring (bicyclic) bond motifs is 9. The van der Waals surface area contributed by atoms with Crippen LogP contribution in [-0.2, 0) is 11.8 Å². The average molecular weight is 905 g/mol. The van der Waals surface area contributed by atoms with Crippen LogP contribution in [0.5, 0.6) is 0 Å². The molecule has 4 heterocycles. The Kier molecular flexibility index (Phi) is 9.93. The van der Waals surface area contributed by atoms with Gasteiger partial charge in [-0.25, -0.2) is 0 Å². The molecule has 0 radical (unpaired) electrons. The van der Waals surface area contributed by atoms with E-state index in [0.717, 1.165) is 45.1 Å². The zero-order valence-electron chi connectivity index (χ0n) is 42.0. The topological polar surface area (TPSA) is 41.4 Å². The third-order valence-electron chi connectivity index (χ3n) is 18.6. The first-order valence-corrected chi connectivity index (χ1v) is 26.5. The first-order chi connectivity index (χ1) is 33.5. The van der Waals surface area contributed by atoms with Crippen molar-refractivity contribution in [2.24, 2.45) is 52.3 Å². The van der Waals surface area contributed by atoms with Crippen molar-refractivity contribution in [1.29, 1.82) is 0 Å². The molecule has 1 fully saturated rings. The van der Waals surface area contributed by atoms with Gasteiger partial charge in [0.05, 0.1) is 27.5 Å².